The van der Waals surface area contributed by atoms with Crippen LogP contribution < -0.4 is 15.0 Å². The molecule has 2 aliphatic rings. The largest absolute Gasteiger partial charge is 0.454 e. The van der Waals surface area contributed by atoms with Crippen LogP contribution in [0.4, 0.5) is 0 Å². The molecule has 0 aliphatic carbocycles. The summed E-state index contributed by atoms with van der Waals surface area (Å²) in [4.78, 5) is 15.8. The second kappa shape index (κ2) is 8.51. The number of fused-ring (bicyclic) bond motifs is 2. The van der Waals surface area contributed by atoms with Crippen LogP contribution in [0.15, 0.2) is 56.6 Å². The van der Waals surface area contributed by atoms with Crippen molar-refractivity contribution < 1.29 is 22.6 Å². The minimum Gasteiger partial charge on any atom is -0.454 e. The SMILES string of the molecule is O=c1[nH]c2cc3c(cc2cc1CN(CC1CCCO1)S(=O)(=O)c1ccccc1Br)OCO3. The molecular formula is C22H21BrN2O6S. The number of sulfonamides is 1. The second-order valence-corrected chi connectivity index (χ2v) is 10.5. The Morgan fingerprint density at radius 1 is 1.12 bits per heavy atom. The number of nitrogens with one attached hydrogen (secondary N) is 1. The van der Waals surface area contributed by atoms with Gasteiger partial charge in [0.15, 0.2) is 11.5 Å². The minimum absolute atomic E-state index is 0.0801. The number of benzene rings is 2. The molecule has 168 valence electrons. The number of aromatic amines is 1. The number of ether oxygens (including phenoxy) is 3. The molecule has 10 heteroatoms. The van der Waals surface area contributed by atoms with E-state index in [0.29, 0.717) is 33.7 Å². The molecule has 5 rings (SSSR count). The zero-order valence-corrected chi connectivity index (χ0v) is 19.4. The van der Waals surface area contributed by atoms with Crippen molar-refractivity contribution in [1.29, 1.82) is 0 Å². The first kappa shape index (κ1) is 21.4. The van der Waals surface area contributed by atoms with Crippen molar-refractivity contribution in [3.8, 4) is 11.5 Å². The normalized spacial score (nSPS) is 18.0. The fourth-order valence-electron chi connectivity index (χ4n) is 4.00. The highest BCUT2D eigenvalue weighted by atomic mass is 79.9. The van der Waals surface area contributed by atoms with Gasteiger partial charge in [0.2, 0.25) is 16.8 Å². The highest BCUT2D eigenvalue weighted by Gasteiger charge is 2.31. The summed E-state index contributed by atoms with van der Waals surface area (Å²) >= 11 is 3.34. The number of hydrogen-bond donors (Lipinski definition) is 1. The molecule has 1 N–H and O–H groups in total. The summed E-state index contributed by atoms with van der Waals surface area (Å²) in [7, 11) is -3.89. The lowest BCUT2D eigenvalue weighted by Gasteiger charge is -2.25. The molecule has 0 radical (unpaired) electrons. The Morgan fingerprint density at radius 2 is 1.91 bits per heavy atom. The highest BCUT2D eigenvalue weighted by molar-refractivity contribution is 9.10. The second-order valence-electron chi connectivity index (χ2n) is 7.78. The van der Waals surface area contributed by atoms with Gasteiger partial charge in [-0.05, 0) is 53.0 Å². The van der Waals surface area contributed by atoms with Gasteiger partial charge in [0.05, 0.1) is 16.5 Å². The number of pyridine rings is 1. The maximum Gasteiger partial charge on any atom is 0.252 e. The molecule has 2 aliphatic heterocycles. The Bertz CT molecular complexity index is 1330. The third kappa shape index (κ3) is 4.03. The van der Waals surface area contributed by atoms with Gasteiger partial charge in [0, 0.05) is 41.2 Å². The molecule has 0 amide bonds. The van der Waals surface area contributed by atoms with Crippen LogP contribution in [0.5, 0.6) is 11.5 Å². The van der Waals surface area contributed by atoms with Gasteiger partial charge in [-0.25, -0.2) is 8.42 Å². The van der Waals surface area contributed by atoms with E-state index in [1.807, 2.05) is 0 Å². The molecule has 1 unspecified atom stereocenters. The quantitative estimate of drug-likeness (QED) is 0.534. The van der Waals surface area contributed by atoms with Crippen LogP contribution in [-0.4, -0.2) is 43.8 Å². The van der Waals surface area contributed by atoms with Crippen LogP contribution in [0, 0.1) is 0 Å². The maximum absolute atomic E-state index is 13.6. The van der Waals surface area contributed by atoms with Crippen molar-refractivity contribution in [2.45, 2.75) is 30.4 Å². The lowest BCUT2D eigenvalue weighted by atomic mass is 10.1. The maximum atomic E-state index is 13.6. The van der Waals surface area contributed by atoms with E-state index in [-0.39, 0.29) is 36.4 Å². The molecular weight excluding hydrogens is 500 g/mol. The Morgan fingerprint density at radius 3 is 2.66 bits per heavy atom. The van der Waals surface area contributed by atoms with Crippen LogP contribution in [0.25, 0.3) is 10.9 Å². The van der Waals surface area contributed by atoms with Crippen molar-refractivity contribution in [2.75, 3.05) is 19.9 Å². The van der Waals surface area contributed by atoms with Gasteiger partial charge in [0.1, 0.15) is 0 Å². The van der Waals surface area contributed by atoms with Crippen molar-refractivity contribution >= 4 is 36.9 Å². The first-order valence-electron chi connectivity index (χ1n) is 10.2. The standard InChI is InChI=1S/C22H21BrN2O6S/c23-17-5-1-2-6-21(17)32(27,28)25(12-16-4-3-7-29-16)11-15-8-14-9-19-20(31-13-30-19)10-18(14)24-22(15)26/h1-2,5-6,8-10,16H,3-4,7,11-13H2,(H,24,26). The monoisotopic (exact) mass is 520 g/mol. The van der Waals surface area contributed by atoms with Gasteiger partial charge in [-0.15, -0.1) is 0 Å². The van der Waals surface area contributed by atoms with Gasteiger partial charge < -0.3 is 19.2 Å². The molecule has 1 aromatic heterocycles. The number of hydrogen-bond acceptors (Lipinski definition) is 6. The number of nitrogens with zero attached hydrogens (tertiary/aromatic N) is 1. The molecule has 32 heavy (non-hydrogen) atoms. The number of aromatic nitrogens is 1. The molecule has 1 saturated heterocycles. The summed E-state index contributed by atoms with van der Waals surface area (Å²) in [6.45, 7) is 0.824. The summed E-state index contributed by atoms with van der Waals surface area (Å²) < 4.78 is 45.4. The summed E-state index contributed by atoms with van der Waals surface area (Å²) in [5, 5.41) is 0.735. The fraction of sp³-hybridized carbons (Fsp3) is 0.318. The van der Waals surface area contributed by atoms with Crippen LogP contribution in [0.2, 0.25) is 0 Å². The van der Waals surface area contributed by atoms with E-state index in [1.165, 1.54) is 4.31 Å². The van der Waals surface area contributed by atoms with Crippen molar-refractivity contribution in [3.63, 3.8) is 0 Å². The molecule has 0 saturated carbocycles. The third-order valence-electron chi connectivity index (χ3n) is 5.65. The molecule has 1 fully saturated rings. The zero-order valence-electron chi connectivity index (χ0n) is 17.0. The van der Waals surface area contributed by atoms with Crippen molar-refractivity contribution in [3.05, 3.63) is 62.9 Å². The van der Waals surface area contributed by atoms with E-state index >= 15 is 0 Å². The number of rotatable bonds is 6. The van der Waals surface area contributed by atoms with E-state index in [0.717, 1.165) is 18.2 Å². The smallest absolute Gasteiger partial charge is 0.252 e. The molecule has 0 bridgehead atoms. The van der Waals surface area contributed by atoms with Gasteiger partial charge in [-0.1, -0.05) is 12.1 Å². The lowest BCUT2D eigenvalue weighted by molar-refractivity contribution is 0.0925. The Hall–Kier alpha value is -2.40. The summed E-state index contributed by atoms with van der Waals surface area (Å²) in [5.74, 6) is 1.16. The Kier molecular flexibility index (Phi) is 5.70. The molecule has 3 heterocycles. The lowest BCUT2D eigenvalue weighted by Crippen LogP contribution is -2.38. The zero-order chi connectivity index (χ0) is 22.3. The molecule has 0 spiro atoms. The predicted octanol–water partition coefficient (Wildman–Crippen LogP) is 3.39. The first-order valence-corrected chi connectivity index (χ1v) is 12.5. The number of H-pyrrole nitrogens is 1. The minimum atomic E-state index is -3.89. The molecule has 1 atom stereocenters. The van der Waals surface area contributed by atoms with E-state index < -0.39 is 10.0 Å². The van der Waals surface area contributed by atoms with Gasteiger partial charge >= 0.3 is 0 Å². The van der Waals surface area contributed by atoms with Crippen LogP contribution >= 0.6 is 15.9 Å². The van der Waals surface area contributed by atoms with Gasteiger partial charge in [0.25, 0.3) is 5.56 Å². The van der Waals surface area contributed by atoms with Crippen LogP contribution in [0.3, 0.4) is 0 Å². The fourth-order valence-corrected chi connectivity index (χ4v) is 6.42. The summed E-state index contributed by atoms with van der Waals surface area (Å²) in [6, 6.07) is 11.9. The Balaban J connectivity index is 1.54. The van der Waals surface area contributed by atoms with Gasteiger partial charge in [-0.3, -0.25) is 4.79 Å². The topological polar surface area (TPSA) is 97.9 Å². The Labute approximate surface area is 193 Å². The average molecular weight is 521 g/mol. The average Bonchev–Trinajstić information content (AvgIpc) is 3.44. The summed E-state index contributed by atoms with van der Waals surface area (Å²) in [6.07, 6.45) is 1.46. The first-order chi connectivity index (χ1) is 15.4. The van der Waals surface area contributed by atoms with E-state index in [1.54, 1.807) is 42.5 Å². The number of halogens is 1. The molecule has 2 aromatic carbocycles. The van der Waals surface area contributed by atoms with Crippen molar-refractivity contribution in [1.82, 2.24) is 9.29 Å². The van der Waals surface area contributed by atoms with E-state index in [4.69, 9.17) is 14.2 Å². The van der Waals surface area contributed by atoms with Gasteiger partial charge in [-0.2, -0.15) is 4.31 Å². The van der Waals surface area contributed by atoms with E-state index in [2.05, 4.69) is 20.9 Å². The third-order valence-corrected chi connectivity index (χ3v) is 8.47. The highest BCUT2D eigenvalue weighted by Crippen LogP contribution is 2.35. The molecule has 8 nitrogen and oxygen atoms in total. The van der Waals surface area contributed by atoms with Crippen LogP contribution in [-0.2, 0) is 21.3 Å². The van der Waals surface area contributed by atoms with Crippen molar-refractivity contribution in [2.24, 2.45) is 0 Å². The molecule has 3 aromatic rings. The van der Waals surface area contributed by atoms with Crippen LogP contribution in [0.1, 0.15) is 18.4 Å². The van der Waals surface area contributed by atoms with E-state index in [9.17, 15) is 13.2 Å². The summed E-state index contributed by atoms with van der Waals surface area (Å²) in [5.41, 5.74) is 0.586. The predicted molar refractivity (Wildman–Crippen MR) is 121 cm³/mol.